The van der Waals surface area contributed by atoms with Gasteiger partial charge in [-0.1, -0.05) is 17.7 Å². The summed E-state index contributed by atoms with van der Waals surface area (Å²) in [4.78, 5) is 17.0. The summed E-state index contributed by atoms with van der Waals surface area (Å²) in [5.74, 6) is -0.238. The number of nitrogens with zero attached hydrogens (tertiary/aromatic N) is 1. The maximum Gasteiger partial charge on any atom is 0.355 e. The second-order valence-corrected chi connectivity index (χ2v) is 6.26. The first-order valence-corrected chi connectivity index (χ1v) is 7.25. The Balaban J connectivity index is 2.06. The highest BCUT2D eigenvalue weighted by Gasteiger charge is 2.13. The third kappa shape index (κ3) is 3.11. The lowest BCUT2D eigenvalue weighted by Crippen LogP contribution is -1.98. The highest BCUT2D eigenvalue weighted by atomic mass is 32.2. The van der Waals surface area contributed by atoms with Crippen LogP contribution in [0.1, 0.15) is 25.9 Å². The van der Waals surface area contributed by atoms with Crippen molar-refractivity contribution in [1.29, 1.82) is 0 Å². The van der Waals surface area contributed by atoms with Crippen molar-refractivity contribution < 1.29 is 9.90 Å². The van der Waals surface area contributed by atoms with E-state index < -0.39 is 5.97 Å². The molecule has 1 aromatic carbocycles. The van der Waals surface area contributed by atoms with Crippen LogP contribution in [-0.4, -0.2) is 16.1 Å². The molecule has 5 heteroatoms. The lowest BCUT2D eigenvalue weighted by Gasteiger charge is -2.00. The quantitative estimate of drug-likeness (QED) is 0.866. The molecule has 0 aliphatic rings. The molecule has 1 N–H and O–H groups in total. The van der Waals surface area contributed by atoms with Crippen molar-refractivity contribution in [2.75, 3.05) is 0 Å². The van der Waals surface area contributed by atoms with E-state index in [0.29, 0.717) is 5.75 Å². The molecule has 18 heavy (non-hydrogen) atoms. The monoisotopic (exact) mass is 279 g/mol. The van der Waals surface area contributed by atoms with E-state index in [1.807, 2.05) is 6.07 Å². The van der Waals surface area contributed by atoms with Crippen LogP contribution in [0.2, 0.25) is 0 Å². The highest BCUT2D eigenvalue weighted by molar-refractivity contribution is 7.98. The Morgan fingerprint density at radius 1 is 1.44 bits per heavy atom. The van der Waals surface area contributed by atoms with Gasteiger partial charge in [0.25, 0.3) is 0 Å². The van der Waals surface area contributed by atoms with Crippen LogP contribution >= 0.6 is 23.1 Å². The van der Waals surface area contributed by atoms with Crippen molar-refractivity contribution in [3.8, 4) is 0 Å². The number of benzene rings is 1. The van der Waals surface area contributed by atoms with Crippen LogP contribution in [0.5, 0.6) is 0 Å². The number of hydrogen-bond donors (Lipinski definition) is 1. The Bertz CT molecular complexity index is 578. The Morgan fingerprint density at radius 3 is 2.83 bits per heavy atom. The van der Waals surface area contributed by atoms with Gasteiger partial charge in [0.05, 0.1) is 5.75 Å². The fourth-order valence-electron chi connectivity index (χ4n) is 1.56. The van der Waals surface area contributed by atoms with Crippen molar-refractivity contribution in [3.05, 3.63) is 45.4 Å². The smallest absolute Gasteiger partial charge is 0.355 e. The van der Waals surface area contributed by atoms with E-state index >= 15 is 0 Å². The zero-order valence-electron chi connectivity index (χ0n) is 10.1. The van der Waals surface area contributed by atoms with Crippen LogP contribution < -0.4 is 0 Å². The molecule has 0 fully saturated rings. The largest absolute Gasteiger partial charge is 0.476 e. The summed E-state index contributed by atoms with van der Waals surface area (Å²) in [5.41, 5.74) is 1.40. The number of rotatable bonds is 4. The Labute approximate surface area is 114 Å². The number of carboxylic acids is 1. The fraction of sp³-hybridized carbons (Fsp3) is 0.231. The van der Waals surface area contributed by atoms with Gasteiger partial charge in [0.2, 0.25) is 0 Å². The summed E-state index contributed by atoms with van der Waals surface area (Å²) in [7, 11) is 0. The summed E-state index contributed by atoms with van der Waals surface area (Å²) in [6.45, 7) is 3.85. The molecule has 3 nitrogen and oxygen atoms in total. The van der Waals surface area contributed by atoms with Crippen LogP contribution in [0.3, 0.4) is 0 Å². The van der Waals surface area contributed by atoms with Crippen LogP contribution in [0.25, 0.3) is 0 Å². The third-order valence-corrected chi connectivity index (χ3v) is 4.55. The van der Waals surface area contributed by atoms with E-state index in [-0.39, 0.29) is 5.69 Å². The van der Waals surface area contributed by atoms with Crippen LogP contribution in [-0.2, 0) is 5.75 Å². The van der Waals surface area contributed by atoms with Gasteiger partial charge < -0.3 is 5.11 Å². The second kappa shape index (κ2) is 5.54. The van der Waals surface area contributed by atoms with Crippen molar-refractivity contribution >= 4 is 29.1 Å². The number of hydrogen-bond acceptors (Lipinski definition) is 4. The zero-order chi connectivity index (χ0) is 13.1. The number of thioether (sulfide) groups is 1. The average molecular weight is 279 g/mol. The summed E-state index contributed by atoms with van der Waals surface area (Å²) in [6.07, 6.45) is 0. The molecule has 0 aliphatic heterocycles. The fourth-order valence-corrected chi connectivity index (χ4v) is 3.49. The molecule has 0 unspecified atom stereocenters. The van der Waals surface area contributed by atoms with Gasteiger partial charge in [-0.25, -0.2) is 9.78 Å². The van der Waals surface area contributed by atoms with Crippen molar-refractivity contribution in [2.45, 2.75) is 24.5 Å². The molecule has 1 aromatic heterocycles. The van der Waals surface area contributed by atoms with Gasteiger partial charge in [0.1, 0.15) is 5.01 Å². The molecule has 0 amide bonds. The SMILES string of the molecule is Cc1cccc(SCc2nc(C(=O)O)c(C)s2)c1. The normalized spacial score (nSPS) is 10.6. The maximum absolute atomic E-state index is 10.9. The lowest BCUT2D eigenvalue weighted by atomic mass is 10.2. The van der Waals surface area contributed by atoms with Gasteiger partial charge in [0, 0.05) is 9.77 Å². The van der Waals surface area contributed by atoms with Crippen LogP contribution in [0.15, 0.2) is 29.2 Å². The number of aromatic carboxylic acids is 1. The molecule has 1 heterocycles. The summed E-state index contributed by atoms with van der Waals surface area (Å²) in [6, 6.07) is 8.24. The van der Waals surface area contributed by atoms with E-state index in [9.17, 15) is 4.79 Å². The van der Waals surface area contributed by atoms with Crippen molar-refractivity contribution in [1.82, 2.24) is 4.98 Å². The van der Waals surface area contributed by atoms with Crippen molar-refractivity contribution in [3.63, 3.8) is 0 Å². The van der Waals surface area contributed by atoms with Gasteiger partial charge in [-0.05, 0) is 26.0 Å². The third-order valence-electron chi connectivity index (χ3n) is 2.40. The molecule has 0 saturated carbocycles. The molecule has 0 spiro atoms. The van der Waals surface area contributed by atoms with E-state index in [2.05, 4.69) is 30.1 Å². The molecule has 94 valence electrons. The minimum Gasteiger partial charge on any atom is -0.476 e. The standard InChI is InChI=1S/C13H13NO2S2/c1-8-4-3-5-10(6-8)17-7-11-14-12(13(15)16)9(2)18-11/h3-6H,7H2,1-2H3,(H,15,16). The molecule has 0 aliphatic carbocycles. The predicted octanol–water partition coefficient (Wildman–Crippen LogP) is 3.75. The first-order chi connectivity index (χ1) is 8.56. The van der Waals surface area contributed by atoms with Crippen LogP contribution in [0, 0.1) is 13.8 Å². The first kappa shape index (κ1) is 13.1. The lowest BCUT2D eigenvalue weighted by molar-refractivity contribution is 0.0690. The highest BCUT2D eigenvalue weighted by Crippen LogP contribution is 2.27. The molecule has 2 aromatic rings. The topological polar surface area (TPSA) is 50.2 Å². The van der Waals surface area contributed by atoms with E-state index in [0.717, 1.165) is 9.88 Å². The second-order valence-electron chi connectivity index (χ2n) is 3.92. The average Bonchev–Trinajstić information content (AvgIpc) is 2.68. The maximum atomic E-state index is 10.9. The van der Waals surface area contributed by atoms with Gasteiger partial charge in [-0.2, -0.15) is 0 Å². The molecule has 2 rings (SSSR count). The van der Waals surface area contributed by atoms with Crippen LogP contribution in [0.4, 0.5) is 0 Å². The van der Waals surface area contributed by atoms with E-state index in [4.69, 9.17) is 5.11 Å². The minimum atomic E-state index is -0.949. The Kier molecular flexibility index (Phi) is 4.04. The molecular weight excluding hydrogens is 266 g/mol. The number of carboxylic acid groups (broad SMARTS) is 1. The molecular formula is C13H13NO2S2. The molecule has 0 saturated heterocycles. The van der Waals surface area contributed by atoms with E-state index in [1.54, 1.807) is 18.7 Å². The van der Waals surface area contributed by atoms with E-state index in [1.165, 1.54) is 21.8 Å². The molecule has 0 bridgehead atoms. The number of thiazole rings is 1. The van der Waals surface area contributed by atoms with Gasteiger partial charge in [-0.3, -0.25) is 0 Å². The predicted molar refractivity (Wildman–Crippen MR) is 74.6 cm³/mol. The van der Waals surface area contributed by atoms with Gasteiger partial charge in [-0.15, -0.1) is 23.1 Å². The number of aromatic nitrogens is 1. The molecule has 0 radical (unpaired) electrons. The zero-order valence-corrected chi connectivity index (χ0v) is 11.8. The van der Waals surface area contributed by atoms with Gasteiger partial charge >= 0.3 is 5.97 Å². The molecule has 0 atom stereocenters. The van der Waals surface area contributed by atoms with Gasteiger partial charge in [0.15, 0.2) is 5.69 Å². The summed E-state index contributed by atoms with van der Waals surface area (Å²) in [5, 5.41) is 9.80. The minimum absolute atomic E-state index is 0.180. The number of aryl methyl sites for hydroxylation is 2. The Morgan fingerprint density at radius 2 is 2.22 bits per heavy atom. The Hall–Kier alpha value is -1.33. The number of carbonyl (C=O) groups is 1. The first-order valence-electron chi connectivity index (χ1n) is 5.45. The van der Waals surface area contributed by atoms with Crippen molar-refractivity contribution in [2.24, 2.45) is 0 Å². The summed E-state index contributed by atoms with van der Waals surface area (Å²) < 4.78 is 0. The summed E-state index contributed by atoms with van der Waals surface area (Å²) >= 11 is 3.13.